The molecule has 0 spiro atoms. The molecule has 0 bridgehead atoms. The number of benzene rings is 3. The lowest BCUT2D eigenvalue weighted by Gasteiger charge is -2.09. The van der Waals surface area contributed by atoms with Gasteiger partial charge in [-0.05, 0) is 68.2 Å². The maximum Gasteiger partial charge on any atom is 0.244 e. The predicted molar refractivity (Wildman–Crippen MR) is 156 cm³/mol. The van der Waals surface area contributed by atoms with E-state index < -0.39 is 0 Å². The molecule has 2 N–H and O–H groups in total. The van der Waals surface area contributed by atoms with Crippen molar-refractivity contribution in [3.05, 3.63) is 102 Å². The highest BCUT2D eigenvalue weighted by atomic mass is 19.1. The number of nitrogens with zero attached hydrogens (tertiary/aromatic N) is 5. The van der Waals surface area contributed by atoms with Gasteiger partial charge in [-0.2, -0.15) is 5.10 Å². The fraction of sp³-hybridized carbons (Fsp3) is 0.161. The lowest BCUT2D eigenvalue weighted by atomic mass is 10.1. The van der Waals surface area contributed by atoms with E-state index >= 15 is 0 Å². The molecule has 0 aliphatic carbocycles. The van der Waals surface area contributed by atoms with Crippen molar-refractivity contribution < 1.29 is 9.18 Å². The van der Waals surface area contributed by atoms with Crippen LogP contribution >= 0.6 is 0 Å². The van der Waals surface area contributed by atoms with Crippen LogP contribution in [0, 0.1) is 17.7 Å². The van der Waals surface area contributed by atoms with Crippen LogP contribution in [-0.4, -0.2) is 57.7 Å². The maximum absolute atomic E-state index is 13.6. The van der Waals surface area contributed by atoms with Crippen molar-refractivity contribution in [3.63, 3.8) is 0 Å². The molecule has 0 aliphatic rings. The minimum atomic E-state index is -0.262. The predicted octanol–water partition coefficient (Wildman–Crippen LogP) is 4.50. The summed E-state index contributed by atoms with van der Waals surface area (Å²) in [6, 6.07) is 18.2. The van der Waals surface area contributed by atoms with Crippen LogP contribution in [0.3, 0.4) is 0 Å². The van der Waals surface area contributed by atoms with Gasteiger partial charge in [-0.25, -0.2) is 14.4 Å². The van der Waals surface area contributed by atoms with E-state index in [1.807, 2.05) is 66.1 Å². The number of halogens is 1. The molecule has 0 saturated carbocycles. The number of rotatable bonds is 8. The molecule has 0 radical (unpaired) electrons. The van der Waals surface area contributed by atoms with Crippen LogP contribution < -0.4 is 10.6 Å². The fourth-order valence-corrected chi connectivity index (χ4v) is 4.18. The zero-order chi connectivity index (χ0) is 27.9. The van der Waals surface area contributed by atoms with Crippen molar-refractivity contribution in [2.75, 3.05) is 32.5 Å². The quantitative estimate of drug-likeness (QED) is 0.226. The van der Waals surface area contributed by atoms with E-state index in [9.17, 15) is 9.18 Å². The van der Waals surface area contributed by atoms with Gasteiger partial charge in [0.25, 0.3) is 0 Å². The van der Waals surface area contributed by atoms with E-state index in [1.165, 1.54) is 24.5 Å². The first-order valence-corrected chi connectivity index (χ1v) is 12.7. The molecule has 2 aromatic heterocycles. The topological polar surface area (TPSA) is 88.0 Å². The number of likely N-dealkylation sites (N-methyl/N-ethyl adjacent to an activating group) is 1. The third-order valence-electron chi connectivity index (χ3n) is 6.08. The summed E-state index contributed by atoms with van der Waals surface area (Å²) in [6.45, 7) is 1.42. The summed E-state index contributed by atoms with van der Waals surface area (Å²) in [4.78, 5) is 22.7. The lowest BCUT2D eigenvalue weighted by molar-refractivity contribution is -0.116. The van der Waals surface area contributed by atoms with E-state index in [1.54, 1.807) is 18.3 Å². The molecule has 1 amide bonds. The van der Waals surface area contributed by atoms with Crippen molar-refractivity contribution in [1.29, 1.82) is 0 Å². The summed E-state index contributed by atoms with van der Waals surface area (Å²) in [6.07, 6.45) is 6.63. The second kappa shape index (κ2) is 12.2. The van der Waals surface area contributed by atoms with E-state index in [0.29, 0.717) is 18.9 Å². The normalized spacial score (nSPS) is 11.2. The Balaban J connectivity index is 1.30. The third kappa shape index (κ3) is 6.67. The van der Waals surface area contributed by atoms with Gasteiger partial charge >= 0.3 is 0 Å². The molecule has 0 saturated heterocycles. The number of carbonyl (C=O) groups is 1. The molecular formula is C31H28FN7O. The number of hydrogen-bond acceptors (Lipinski definition) is 6. The summed E-state index contributed by atoms with van der Waals surface area (Å²) < 4.78 is 15.4. The average molecular weight is 534 g/mol. The van der Waals surface area contributed by atoms with Gasteiger partial charge in [0.2, 0.25) is 5.91 Å². The number of aromatic nitrogens is 4. The molecule has 40 heavy (non-hydrogen) atoms. The molecule has 0 aliphatic heterocycles. The lowest BCUT2D eigenvalue weighted by Crippen LogP contribution is -2.21. The van der Waals surface area contributed by atoms with Crippen LogP contribution in [-0.2, 0) is 11.3 Å². The standard InChI is InChI=1S/C31H28FN7O/c1-38(2)15-5-9-30(40)33-14-4-7-22-10-12-28-27(17-22)31(35-21-34-28)37-26-11-13-29-24(18-26)19-36-39(29)20-23-6-3-8-25(32)16-23/h3,5-6,8-13,16-19,21H,14-15,20H2,1-2H3,(H,33,40)(H,34,35,37). The van der Waals surface area contributed by atoms with Crippen LogP contribution in [0.4, 0.5) is 15.9 Å². The Hall–Kier alpha value is -5.07. The van der Waals surface area contributed by atoms with Crippen LogP contribution in [0.15, 0.2) is 85.3 Å². The van der Waals surface area contributed by atoms with Crippen LogP contribution in [0.2, 0.25) is 0 Å². The largest absolute Gasteiger partial charge is 0.342 e. The Bertz CT molecular complexity index is 1760. The summed E-state index contributed by atoms with van der Waals surface area (Å²) in [5, 5.41) is 12.4. The van der Waals surface area contributed by atoms with Crippen molar-refractivity contribution >= 4 is 39.2 Å². The SMILES string of the molecule is CN(C)CC=CC(=O)NCC#Cc1ccc2ncnc(Nc3ccc4c(cnn4Cc4cccc(F)c4)c3)c2c1. The first kappa shape index (κ1) is 26.5. The van der Waals surface area contributed by atoms with E-state index in [0.717, 1.165) is 38.6 Å². The first-order chi connectivity index (χ1) is 19.4. The van der Waals surface area contributed by atoms with E-state index in [4.69, 9.17) is 0 Å². The number of amides is 1. The Morgan fingerprint density at radius 1 is 1.10 bits per heavy atom. The Morgan fingerprint density at radius 2 is 2.00 bits per heavy atom. The molecule has 200 valence electrons. The van der Waals surface area contributed by atoms with Gasteiger partial charge in [0, 0.05) is 34.6 Å². The van der Waals surface area contributed by atoms with Gasteiger partial charge in [-0.1, -0.05) is 30.0 Å². The minimum Gasteiger partial charge on any atom is -0.342 e. The van der Waals surface area contributed by atoms with Crippen molar-refractivity contribution in [2.45, 2.75) is 6.54 Å². The first-order valence-electron chi connectivity index (χ1n) is 12.7. The highest BCUT2D eigenvalue weighted by Crippen LogP contribution is 2.26. The van der Waals surface area contributed by atoms with Crippen molar-refractivity contribution in [3.8, 4) is 11.8 Å². The van der Waals surface area contributed by atoms with Crippen LogP contribution in [0.1, 0.15) is 11.1 Å². The number of carbonyl (C=O) groups excluding carboxylic acids is 1. The third-order valence-corrected chi connectivity index (χ3v) is 6.08. The number of fused-ring (bicyclic) bond motifs is 2. The molecule has 0 fully saturated rings. The summed E-state index contributed by atoms with van der Waals surface area (Å²) in [5.74, 6) is 6.30. The highest BCUT2D eigenvalue weighted by molar-refractivity contribution is 5.93. The van der Waals surface area contributed by atoms with Crippen molar-refractivity contribution in [2.24, 2.45) is 0 Å². The van der Waals surface area contributed by atoms with Crippen LogP contribution in [0.25, 0.3) is 21.8 Å². The molecule has 8 nitrogen and oxygen atoms in total. The van der Waals surface area contributed by atoms with Gasteiger partial charge in [0.05, 0.1) is 30.3 Å². The van der Waals surface area contributed by atoms with Gasteiger partial charge in [-0.3, -0.25) is 9.48 Å². The fourth-order valence-electron chi connectivity index (χ4n) is 4.18. The maximum atomic E-state index is 13.6. The zero-order valence-electron chi connectivity index (χ0n) is 22.2. The van der Waals surface area contributed by atoms with E-state index in [2.05, 4.69) is 37.5 Å². The van der Waals surface area contributed by atoms with Gasteiger partial charge in [-0.15, -0.1) is 0 Å². The Labute approximate surface area is 231 Å². The smallest absolute Gasteiger partial charge is 0.244 e. The minimum absolute atomic E-state index is 0.175. The molecule has 3 aromatic carbocycles. The Kier molecular flexibility index (Phi) is 8.09. The molecule has 0 atom stereocenters. The van der Waals surface area contributed by atoms with Gasteiger partial charge in [0.1, 0.15) is 18.0 Å². The average Bonchev–Trinajstić information content (AvgIpc) is 3.33. The molecular weight excluding hydrogens is 505 g/mol. The number of hydrogen-bond donors (Lipinski definition) is 2. The molecule has 5 aromatic rings. The second-order valence-corrected chi connectivity index (χ2v) is 9.47. The summed E-state index contributed by atoms with van der Waals surface area (Å²) in [7, 11) is 3.88. The van der Waals surface area contributed by atoms with E-state index in [-0.39, 0.29) is 18.3 Å². The second-order valence-electron chi connectivity index (χ2n) is 9.47. The molecule has 2 heterocycles. The number of nitrogens with one attached hydrogen (secondary N) is 2. The van der Waals surface area contributed by atoms with Gasteiger partial charge < -0.3 is 15.5 Å². The molecule has 0 unspecified atom stereocenters. The van der Waals surface area contributed by atoms with Crippen molar-refractivity contribution in [1.82, 2.24) is 30.0 Å². The zero-order valence-corrected chi connectivity index (χ0v) is 22.2. The number of anilines is 2. The summed E-state index contributed by atoms with van der Waals surface area (Å²) >= 11 is 0. The Morgan fingerprint density at radius 3 is 2.85 bits per heavy atom. The molecule has 9 heteroatoms. The van der Waals surface area contributed by atoms with Gasteiger partial charge in [0.15, 0.2) is 0 Å². The monoisotopic (exact) mass is 533 g/mol. The highest BCUT2D eigenvalue weighted by Gasteiger charge is 2.09. The molecule has 5 rings (SSSR count). The van der Waals surface area contributed by atoms with Crippen LogP contribution in [0.5, 0.6) is 0 Å². The summed E-state index contributed by atoms with van der Waals surface area (Å²) in [5.41, 5.74) is 4.21.